The summed E-state index contributed by atoms with van der Waals surface area (Å²) in [5, 5.41) is 18.3. The molecule has 3 nitrogen and oxygen atoms in total. The first-order valence-electron chi connectivity index (χ1n) is 4.90. The zero-order valence-electron chi connectivity index (χ0n) is 9.61. The first-order valence-corrected chi connectivity index (χ1v) is 4.90. The van der Waals surface area contributed by atoms with Gasteiger partial charge in [-0.25, -0.2) is 0 Å². The van der Waals surface area contributed by atoms with Gasteiger partial charge in [-0.05, 0) is 28.6 Å². The van der Waals surface area contributed by atoms with Crippen LogP contribution in [-0.2, 0) is 5.41 Å². The Morgan fingerprint density at radius 1 is 1.13 bits per heavy atom. The fraction of sp³-hybridized carbons (Fsp3) is 0.455. The van der Waals surface area contributed by atoms with Gasteiger partial charge in [0, 0.05) is 0 Å². The monoisotopic (exact) mass is 208 g/mol. The predicted molar refractivity (Wildman–Crippen MR) is 61.5 cm³/mol. The van der Waals surface area contributed by atoms with Gasteiger partial charge in [-0.15, -0.1) is 0 Å². The number of hydrogen-bond acceptors (Lipinski definition) is 3. The molecule has 0 aromatic heterocycles. The molecule has 0 unspecified atom stereocenters. The van der Waals surface area contributed by atoms with Crippen LogP contribution in [0.15, 0.2) is 18.2 Å². The Morgan fingerprint density at radius 3 is 2.13 bits per heavy atom. The van der Waals surface area contributed by atoms with Crippen LogP contribution in [0.1, 0.15) is 26.3 Å². The van der Waals surface area contributed by atoms with Gasteiger partial charge in [0.05, 0.1) is 7.11 Å². The van der Waals surface area contributed by atoms with Crippen molar-refractivity contribution in [2.75, 3.05) is 7.11 Å². The van der Waals surface area contributed by atoms with Gasteiger partial charge in [0.25, 0.3) is 0 Å². The minimum atomic E-state index is -1.46. The van der Waals surface area contributed by atoms with E-state index in [1.54, 1.807) is 19.2 Å². The minimum absolute atomic E-state index is 0.0435. The van der Waals surface area contributed by atoms with Crippen molar-refractivity contribution in [3.8, 4) is 5.75 Å². The van der Waals surface area contributed by atoms with Crippen molar-refractivity contribution in [1.29, 1.82) is 0 Å². The summed E-state index contributed by atoms with van der Waals surface area (Å²) in [6.07, 6.45) is 0. The molecule has 0 amide bonds. The van der Waals surface area contributed by atoms with Crippen molar-refractivity contribution < 1.29 is 14.8 Å². The van der Waals surface area contributed by atoms with Crippen LogP contribution in [0.25, 0.3) is 0 Å². The lowest BCUT2D eigenvalue weighted by Crippen LogP contribution is -2.31. The first kappa shape index (κ1) is 12.1. The maximum Gasteiger partial charge on any atom is 0.488 e. The molecule has 1 aromatic carbocycles. The molecule has 0 saturated carbocycles. The zero-order valence-corrected chi connectivity index (χ0v) is 9.61. The molecule has 15 heavy (non-hydrogen) atoms. The van der Waals surface area contributed by atoms with Crippen molar-refractivity contribution in [2.24, 2.45) is 0 Å². The highest BCUT2D eigenvalue weighted by Gasteiger charge is 2.19. The van der Waals surface area contributed by atoms with Gasteiger partial charge in [0.15, 0.2) is 0 Å². The molecule has 0 saturated heterocycles. The van der Waals surface area contributed by atoms with Gasteiger partial charge >= 0.3 is 7.12 Å². The fourth-order valence-corrected chi connectivity index (χ4v) is 1.32. The Hall–Kier alpha value is -0.995. The second kappa shape index (κ2) is 4.25. The third-order valence-electron chi connectivity index (χ3n) is 2.33. The number of hydrogen-bond donors (Lipinski definition) is 2. The summed E-state index contributed by atoms with van der Waals surface area (Å²) in [5.74, 6) is 0.644. The highest BCUT2D eigenvalue weighted by molar-refractivity contribution is 6.58. The van der Waals surface area contributed by atoms with E-state index in [1.807, 2.05) is 6.07 Å². The Bertz CT molecular complexity index is 342. The van der Waals surface area contributed by atoms with Crippen LogP contribution < -0.4 is 10.2 Å². The zero-order chi connectivity index (χ0) is 11.6. The number of rotatable bonds is 2. The van der Waals surface area contributed by atoms with Crippen molar-refractivity contribution in [2.45, 2.75) is 26.2 Å². The minimum Gasteiger partial charge on any atom is -0.497 e. The van der Waals surface area contributed by atoms with Crippen molar-refractivity contribution in [3.63, 3.8) is 0 Å². The molecule has 0 radical (unpaired) electrons. The molecular weight excluding hydrogens is 191 g/mol. The summed E-state index contributed by atoms with van der Waals surface area (Å²) < 4.78 is 5.12. The molecule has 4 heteroatoms. The second-order valence-electron chi connectivity index (χ2n) is 4.62. The summed E-state index contributed by atoms with van der Waals surface area (Å²) in [6, 6.07) is 5.32. The van der Waals surface area contributed by atoms with E-state index in [4.69, 9.17) is 14.8 Å². The van der Waals surface area contributed by atoms with E-state index in [0.29, 0.717) is 11.2 Å². The van der Waals surface area contributed by atoms with Crippen LogP contribution >= 0.6 is 0 Å². The Morgan fingerprint density at radius 2 is 1.73 bits per heavy atom. The lowest BCUT2D eigenvalue weighted by atomic mass is 9.76. The quantitative estimate of drug-likeness (QED) is 0.702. The maximum atomic E-state index is 9.13. The number of benzene rings is 1. The van der Waals surface area contributed by atoms with Crippen molar-refractivity contribution in [3.05, 3.63) is 23.8 Å². The average Bonchev–Trinajstić information content (AvgIpc) is 2.15. The molecule has 1 rings (SSSR count). The molecule has 1 aromatic rings. The van der Waals surface area contributed by atoms with Gasteiger partial charge < -0.3 is 14.8 Å². The molecule has 0 aliphatic carbocycles. The molecule has 0 atom stereocenters. The first-order chi connectivity index (χ1) is 6.84. The van der Waals surface area contributed by atoms with Crippen LogP contribution in [0.5, 0.6) is 5.75 Å². The highest BCUT2D eigenvalue weighted by Crippen LogP contribution is 2.24. The topological polar surface area (TPSA) is 49.7 Å². The Kier molecular flexibility index (Phi) is 3.42. The van der Waals surface area contributed by atoms with Crippen LogP contribution in [0.3, 0.4) is 0 Å². The predicted octanol–water partition coefficient (Wildman–Crippen LogP) is 0.672. The van der Waals surface area contributed by atoms with Crippen LogP contribution in [0, 0.1) is 0 Å². The summed E-state index contributed by atoms with van der Waals surface area (Å²) in [6.45, 7) is 6.19. The summed E-state index contributed by atoms with van der Waals surface area (Å²) in [7, 11) is 0.108. The van der Waals surface area contributed by atoms with Gasteiger partial charge in [-0.1, -0.05) is 26.8 Å². The summed E-state index contributed by atoms with van der Waals surface area (Å²) in [4.78, 5) is 0. The smallest absolute Gasteiger partial charge is 0.488 e. The lowest BCUT2D eigenvalue weighted by molar-refractivity contribution is 0.410. The van der Waals surface area contributed by atoms with Crippen molar-refractivity contribution >= 4 is 12.6 Å². The molecule has 2 N–H and O–H groups in total. The standard InChI is InChI=1S/C11H17BO3/c1-11(2,3)8-5-9(12(13)14)7-10(6-8)15-4/h5-7,13-14H,1-4H3. The van der Waals surface area contributed by atoms with Crippen LogP contribution in [0.4, 0.5) is 0 Å². The Balaban J connectivity index is 3.23. The number of ether oxygens (including phenoxy) is 1. The Labute approximate surface area is 90.9 Å². The third-order valence-corrected chi connectivity index (χ3v) is 2.33. The van der Waals surface area contributed by atoms with Crippen molar-refractivity contribution in [1.82, 2.24) is 0 Å². The largest absolute Gasteiger partial charge is 0.497 e. The van der Waals surface area contributed by atoms with Gasteiger partial charge in [0.1, 0.15) is 5.75 Å². The van der Waals surface area contributed by atoms with E-state index < -0.39 is 7.12 Å². The van der Waals surface area contributed by atoms with Crippen LogP contribution in [0.2, 0.25) is 0 Å². The second-order valence-corrected chi connectivity index (χ2v) is 4.62. The van der Waals surface area contributed by atoms with E-state index in [-0.39, 0.29) is 5.41 Å². The average molecular weight is 208 g/mol. The highest BCUT2D eigenvalue weighted by atomic mass is 16.5. The van der Waals surface area contributed by atoms with Gasteiger partial charge in [-0.3, -0.25) is 0 Å². The lowest BCUT2D eigenvalue weighted by Gasteiger charge is -2.21. The molecular formula is C11H17BO3. The molecule has 0 aliphatic heterocycles. The van der Waals surface area contributed by atoms with E-state index in [1.165, 1.54) is 0 Å². The third kappa shape index (κ3) is 2.98. The molecule has 82 valence electrons. The number of methoxy groups -OCH3 is 1. The molecule has 0 spiro atoms. The van der Waals surface area contributed by atoms with E-state index in [0.717, 1.165) is 5.56 Å². The normalized spacial score (nSPS) is 11.3. The molecule has 0 fully saturated rings. The summed E-state index contributed by atoms with van der Waals surface area (Å²) >= 11 is 0. The van der Waals surface area contributed by atoms with Gasteiger partial charge in [-0.2, -0.15) is 0 Å². The maximum absolute atomic E-state index is 9.13. The summed E-state index contributed by atoms with van der Waals surface area (Å²) in [5.41, 5.74) is 1.43. The molecule has 0 heterocycles. The molecule has 0 bridgehead atoms. The fourth-order valence-electron chi connectivity index (χ4n) is 1.32. The van der Waals surface area contributed by atoms with E-state index in [9.17, 15) is 0 Å². The SMILES string of the molecule is COc1cc(B(O)O)cc(C(C)(C)C)c1. The molecule has 0 aliphatic rings. The van der Waals surface area contributed by atoms with E-state index in [2.05, 4.69) is 20.8 Å². The van der Waals surface area contributed by atoms with E-state index >= 15 is 0 Å². The van der Waals surface area contributed by atoms with Crippen LogP contribution in [-0.4, -0.2) is 24.3 Å². The van der Waals surface area contributed by atoms with Gasteiger partial charge in [0.2, 0.25) is 0 Å².